The number of pyridine rings is 2. The monoisotopic (exact) mass is 367 g/mol. The van der Waals surface area contributed by atoms with Gasteiger partial charge in [-0.25, -0.2) is 9.97 Å². The molecule has 142 valence electrons. The SMILES string of the molecule is COc1cc(CC2=CN(C(C)c3ccc4c(n3)OCCO4)CC2)cc(C)n1. The van der Waals surface area contributed by atoms with E-state index in [1.54, 1.807) is 7.11 Å². The van der Waals surface area contributed by atoms with Gasteiger partial charge in [0.1, 0.15) is 13.2 Å². The van der Waals surface area contributed by atoms with Crippen molar-refractivity contribution in [1.29, 1.82) is 0 Å². The van der Waals surface area contributed by atoms with E-state index < -0.39 is 0 Å². The molecule has 4 rings (SSSR count). The van der Waals surface area contributed by atoms with E-state index in [0.717, 1.165) is 36.5 Å². The molecule has 2 aromatic heterocycles. The predicted octanol–water partition coefficient (Wildman–Crippen LogP) is 3.46. The molecule has 0 amide bonds. The van der Waals surface area contributed by atoms with Crippen LogP contribution in [0.2, 0.25) is 0 Å². The van der Waals surface area contributed by atoms with Crippen molar-refractivity contribution in [3.8, 4) is 17.5 Å². The zero-order valence-electron chi connectivity index (χ0n) is 16.1. The second kappa shape index (κ2) is 7.47. The van der Waals surface area contributed by atoms with E-state index >= 15 is 0 Å². The maximum atomic E-state index is 5.62. The van der Waals surface area contributed by atoms with Gasteiger partial charge in [-0.15, -0.1) is 0 Å². The molecule has 1 atom stereocenters. The van der Waals surface area contributed by atoms with Crippen molar-refractivity contribution < 1.29 is 14.2 Å². The quantitative estimate of drug-likeness (QED) is 0.807. The lowest BCUT2D eigenvalue weighted by Gasteiger charge is -2.25. The summed E-state index contributed by atoms with van der Waals surface area (Å²) in [5.41, 5.74) is 4.62. The first-order chi connectivity index (χ1) is 13.1. The highest BCUT2D eigenvalue weighted by atomic mass is 16.6. The Hall–Kier alpha value is -2.76. The van der Waals surface area contributed by atoms with Crippen LogP contribution >= 0.6 is 0 Å². The topological polar surface area (TPSA) is 56.7 Å². The van der Waals surface area contributed by atoms with E-state index in [9.17, 15) is 0 Å². The van der Waals surface area contributed by atoms with E-state index in [0.29, 0.717) is 25.0 Å². The molecular weight excluding hydrogens is 342 g/mol. The van der Waals surface area contributed by atoms with Crippen LogP contribution in [0.5, 0.6) is 17.5 Å². The molecule has 0 aromatic carbocycles. The van der Waals surface area contributed by atoms with Crippen LogP contribution in [0.15, 0.2) is 36.0 Å². The second-order valence-electron chi connectivity index (χ2n) is 7.02. The van der Waals surface area contributed by atoms with Crippen LogP contribution in [0.25, 0.3) is 0 Å². The lowest BCUT2D eigenvalue weighted by atomic mass is 10.1. The standard InChI is InChI=1S/C21H25N3O3/c1-14-10-17(12-20(22-14)25-3)11-16-6-7-24(13-16)15(2)18-4-5-19-21(23-18)27-9-8-26-19/h4-5,10,12-13,15H,6-9,11H2,1-3H3. The van der Waals surface area contributed by atoms with Crippen LogP contribution in [0, 0.1) is 6.92 Å². The zero-order chi connectivity index (χ0) is 18.8. The molecule has 6 nitrogen and oxygen atoms in total. The molecule has 6 heteroatoms. The van der Waals surface area contributed by atoms with Gasteiger partial charge in [0.15, 0.2) is 5.75 Å². The van der Waals surface area contributed by atoms with Gasteiger partial charge in [-0.1, -0.05) is 0 Å². The number of hydrogen-bond donors (Lipinski definition) is 0. The van der Waals surface area contributed by atoms with Crippen molar-refractivity contribution in [2.75, 3.05) is 26.9 Å². The number of fused-ring (bicyclic) bond motifs is 1. The van der Waals surface area contributed by atoms with E-state index in [4.69, 9.17) is 14.2 Å². The fourth-order valence-corrected chi connectivity index (χ4v) is 3.60. The molecule has 2 aromatic rings. The molecule has 2 aliphatic rings. The minimum Gasteiger partial charge on any atom is -0.484 e. The number of nitrogens with zero attached hydrogens (tertiary/aromatic N) is 3. The maximum Gasteiger partial charge on any atom is 0.257 e. The number of aromatic nitrogens is 2. The van der Waals surface area contributed by atoms with Gasteiger partial charge < -0.3 is 19.1 Å². The molecule has 4 heterocycles. The Balaban J connectivity index is 1.48. The minimum absolute atomic E-state index is 0.187. The Morgan fingerprint density at radius 3 is 2.89 bits per heavy atom. The van der Waals surface area contributed by atoms with Gasteiger partial charge >= 0.3 is 0 Å². The normalized spacial score (nSPS) is 16.9. The van der Waals surface area contributed by atoms with Crippen LogP contribution in [0.4, 0.5) is 0 Å². The van der Waals surface area contributed by atoms with E-state index in [-0.39, 0.29) is 6.04 Å². The van der Waals surface area contributed by atoms with E-state index in [1.807, 2.05) is 25.1 Å². The van der Waals surface area contributed by atoms with Crippen molar-refractivity contribution in [2.24, 2.45) is 0 Å². The Morgan fingerprint density at radius 1 is 1.19 bits per heavy atom. The second-order valence-corrected chi connectivity index (χ2v) is 7.02. The van der Waals surface area contributed by atoms with Crippen molar-refractivity contribution in [2.45, 2.75) is 32.7 Å². The summed E-state index contributed by atoms with van der Waals surface area (Å²) in [6, 6.07) is 8.31. The number of rotatable bonds is 5. The van der Waals surface area contributed by atoms with Crippen LogP contribution < -0.4 is 14.2 Å². The van der Waals surface area contributed by atoms with Gasteiger partial charge in [0.05, 0.1) is 18.8 Å². The maximum absolute atomic E-state index is 5.62. The van der Waals surface area contributed by atoms with Crippen LogP contribution in [0.1, 0.15) is 36.3 Å². The Bertz CT molecular complexity index is 866. The van der Waals surface area contributed by atoms with Gasteiger partial charge in [-0.05, 0) is 62.2 Å². The van der Waals surface area contributed by atoms with Crippen molar-refractivity contribution in [3.05, 3.63) is 53.0 Å². The van der Waals surface area contributed by atoms with E-state index in [2.05, 4.69) is 34.1 Å². The van der Waals surface area contributed by atoms with Crippen LogP contribution in [0.3, 0.4) is 0 Å². The molecule has 0 spiro atoms. The molecule has 0 fully saturated rings. The van der Waals surface area contributed by atoms with Crippen molar-refractivity contribution in [1.82, 2.24) is 14.9 Å². The summed E-state index contributed by atoms with van der Waals surface area (Å²) in [5, 5.41) is 0. The zero-order valence-corrected chi connectivity index (χ0v) is 16.1. The molecule has 2 aliphatic heterocycles. The molecule has 0 saturated carbocycles. The molecule has 0 saturated heterocycles. The Labute approximate surface area is 159 Å². The van der Waals surface area contributed by atoms with Crippen LogP contribution in [-0.4, -0.2) is 41.7 Å². The molecule has 1 unspecified atom stereocenters. The summed E-state index contributed by atoms with van der Waals surface area (Å²) in [6.45, 7) is 6.31. The molecule has 0 radical (unpaired) electrons. The summed E-state index contributed by atoms with van der Waals surface area (Å²) in [4.78, 5) is 11.4. The van der Waals surface area contributed by atoms with E-state index in [1.165, 1.54) is 11.1 Å². The molecule has 0 aliphatic carbocycles. The molecule has 0 bridgehead atoms. The van der Waals surface area contributed by atoms with Gasteiger partial charge in [0.2, 0.25) is 5.88 Å². The summed E-state index contributed by atoms with van der Waals surface area (Å²) < 4.78 is 16.5. The van der Waals surface area contributed by atoms with Gasteiger partial charge in [0, 0.05) is 18.3 Å². The predicted molar refractivity (Wildman–Crippen MR) is 102 cm³/mol. The summed E-state index contributed by atoms with van der Waals surface area (Å²) in [6.07, 6.45) is 4.24. The molecular formula is C21H25N3O3. The largest absolute Gasteiger partial charge is 0.484 e. The lowest BCUT2D eigenvalue weighted by Crippen LogP contribution is -2.21. The summed E-state index contributed by atoms with van der Waals surface area (Å²) in [7, 11) is 1.66. The van der Waals surface area contributed by atoms with Crippen molar-refractivity contribution in [3.63, 3.8) is 0 Å². The van der Waals surface area contributed by atoms with Crippen LogP contribution in [-0.2, 0) is 6.42 Å². The minimum atomic E-state index is 0.187. The highest BCUT2D eigenvalue weighted by Crippen LogP contribution is 2.33. The summed E-state index contributed by atoms with van der Waals surface area (Å²) >= 11 is 0. The highest BCUT2D eigenvalue weighted by molar-refractivity contribution is 5.37. The molecule has 27 heavy (non-hydrogen) atoms. The molecule has 0 N–H and O–H groups in total. The third-order valence-electron chi connectivity index (χ3n) is 5.02. The smallest absolute Gasteiger partial charge is 0.257 e. The Morgan fingerprint density at radius 2 is 2.04 bits per heavy atom. The Kier molecular flexibility index (Phi) is 4.88. The van der Waals surface area contributed by atoms with Crippen molar-refractivity contribution >= 4 is 0 Å². The third-order valence-corrected chi connectivity index (χ3v) is 5.02. The fourth-order valence-electron chi connectivity index (χ4n) is 3.60. The number of ether oxygens (including phenoxy) is 3. The first kappa shape index (κ1) is 17.6. The number of aryl methyl sites for hydroxylation is 1. The summed E-state index contributed by atoms with van der Waals surface area (Å²) in [5.74, 6) is 2.01. The first-order valence-corrected chi connectivity index (χ1v) is 9.36. The van der Waals surface area contributed by atoms with Gasteiger partial charge in [-0.3, -0.25) is 0 Å². The first-order valence-electron chi connectivity index (χ1n) is 9.36. The lowest BCUT2D eigenvalue weighted by molar-refractivity contribution is 0.163. The number of methoxy groups -OCH3 is 1. The highest BCUT2D eigenvalue weighted by Gasteiger charge is 2.22. The third kappa shape index (κ3) is 3.84. The average molecular weight is 367 g/mol. The van der Waals surface area contributed by atoms with Gasteiger partial charge in [0.25, 0.3) is 5.88 Å². The van der Waals surface area contributed by atoms with Gasteiger partial charge in [-0.2, -0.15) is 0 Å². The average Bonchev–Trinajstić information content (AvgIpc) is 3.15. The number of hydrogen-bond acceptors (Lipinski definition) is 6. The fraction of sp³-hybridized carbons (Fsp3) is 0.429.